The molecule has 0 radical (unpaired) electrons. The lowest BCUT2D eigenvalue weighted by molar-refractivity contribution is -0.141. The summed E-state index contributed by atoms with van der Waals surface area (Å²) in [5, 5.41) is 0. The van der Waals surface area contributed by atoms with Crippen LogP contribution >= 0.6 is 0 Å². The van der Waals surface area contributed by atoms with E-state index in [-0.39, 0.29) is 23.8 Å². The van der Waals surface area contributed by atoms with Crippen molar-refractivity contribution in [2.24, 2.45) is 4.99 Å². The fraction of sp³-hybridized carbons (Fsp3) is 0.333. The first-order valence-corrected chi connectivity index (χ1v) is 13.2. The zero-order chi connectivity index (χ0) is 29.3. The van der Waals surface area contributed by atoms with Gasteiger partial charge in [-0.15, -0.1) is 0 Å². The summed E-state index contributed by atoms with van der Waals surface area (Å²) in [5.41, 5.74) is 1.38. The SMILES string of the molecule is COC(=O)C[C@H]1c2cccc(F)c2N=C(N2CCN(c3cccc(OC)c3)CC2)N1c1cc(C(F)(F)F)ccc1C. The molecule has 0 unspecified atom stereocenters. The number of benzene rings is 3. The monoisotopic (exact) mass is 570 g/mol. The first-order chi connectivity index (χ1) is 19.6. The Bertz CT molecular complexity index is 1470. The highest BCUT2D eigenvalue weighted by molar-refractivity contribution is 6.02. The van der Waals surface area contributed by atoms with Gasteiger partial charge in [-0.2, -0.15) is 13.2 Å². The Kier molecular flexibility index (Phi) is 7.79. The minimum absolute atomic E-state index is 0.0625. The second kappa shape index (κ2) is 11.3. The molecule has 0 N–H and O–H groups in total. The number of hydrogen-bond acceptors (Lipinski definition) is 7. The van der Waals surface area contributed by atoms with E-state index < -0.39 is 29.6 Å². The Hall–Kier alpha value is -4.28. The van der Waals surface area contributed by atoms with Gasteiger partial charge in [-0.25, -0.2) is 9.38 Å². The molecule has 7 nitrogen and oxygen atoms in total. The number of carbonyl (C=O) groups is 1. The van der Waals surface area contributed by atoms with Crippen molar-refractivity contribution in [1.29, 1.82) is 0 Å². The Labute approximate surface area is 235 Å². The average Bonchev–Trinajstić information content (AvgIpc) is 2.97. The average molecular weight is 571 g/mol. The lowest BCUT2D eigenvalue weighted by Crippen LogP contribution is -2.55. The van der Waals surface area contributed by atoms with Gasteiger partial charge in [0.1, 0.15) is 17.3 Å². The summed E-state index contributed by atoms with van der Waals surface area (Å²) in [6, 6.07) is 14.7. The molecule has 1 atom stereocenters. The number of esters is 1. The molecule has 3 aromatic carbocycles. The second-order valence-corrected chi connectivity index (χ2v) is 9.93. The first kappa shape index (κ1) is 28.3. The molecule has 0 saturated carbocycles. The van der Waals surface area contributed by atoms with Crippen molar-refractivity contribution >= 4 is 29.0 Å². The van der Waals surface area contributed by atoms with Crippen molar-refractivity contribution in [3.63, 3.8) is 0 Å². The number of aliphatic imine (C=N–C) groups is 1. The van der Waals surface area contributed by atoms with Crippen LogP contribution in [0.3, 0.4) is 0 Å². The summed E-state index contributed by atoms with van der Waals surface area (Å²) < 4.78 is 67.0. The Balaban J connectivity index is 1.59. The molecular formula is C30H30F4N4O3. The minimum atomic E-state index is -4.58. The molecule has 2 aliphatic heterocycles. The van der Waals surface area contributed by atoms with E-state index in [2.05, 4.69) is 9.89 Å². The van der Waals surface area contributed by atoms with Crippen LogP contribution in [0.4, 0.5) is 34.6 Å². The summed E-state index contributed by atoms with van der Waals surface area (Å²) in [4.78, 5) is 23.0. The van der Waals surface area contributed by atoms with Crippen molar-refractivity contribution < 1.29 is 31.8 Å². The van der Waals surface area contributed by atoms with Crippen LogP contribution in [0.25, 0.3) is 0 Å². The Morgan fingerprint density at radius 1 is 0.976 bits per heavy atom. The quantitative estimate of drug-likeness (QED) is 0.273. The zero-order valence-electron chi connectivity index (χ0n) is 22.9. The number of guanidine groups is 1. The molecule has 0 aliphatic carbocycles. The van der Waals surface area contributed by atoms with Gasteiger partial charge < -0.3 is 24.2 Å². The lowest BCUT2D eigenvalue weighted by Gasteiger charge is -2.45. The number of carbonyl (C=O) groups excluding carboxylic acids is 1. The van der Waals surface area contributed by atoms with Gasteiger partial charge in [-0.3, -0.25) is 4.79 Å². The van der Waals surface area contributed by atoms with Crippen LogP contribution in [0.5, 0.6) is 5.75 Å². The summed E-state index contributed by atoms with van der Waals surface area (Å²) in [5.74, 6) is -0.149. The molecular weight excluding hydrogens is 540 g/mol. The number of ether oxygens (including phenoxy) is 2. The number of para-hydroxylation sites is 1. The molecule has 216 valence electrons. The number of hydrogen-bond donors (Lipinski definition) is 0. The van der Waals surface area contributed by atoms with Gasteiger partial charge in [0.15, 0.2) is 0 Å². The Morgan fingerprint density at radius 2 is 1.68 bits per heavy atom. The van der Waals surface area contributed by atoms with Crippen LogP contribution in [0.2, 0.25) is 0 Å². The van der Waals surface area contributed by atoms with Crippen molar-refractivity contribution in [2.45, 2.75) is 25.6 Å². The van der Waals surface area contributed by atoms with Gasteiger partial charge in [0.25, 0.3) is 0 Å². The highest BCUT2D eigenvalue weighted by atomic mass is 19.4. The van der Waals surface area contributed by atoms with Crippen LogP contribution in [0, 0.1) is 12.7 Å². The predicted octanol–water partition coefficient (Wildman–Crippen LogP) is 6.10. The smallest absolute Gasteiger partial charge is 0.416 e. The number of methoxy groups -OCH3 is 2. The molecule has 1 fully saturated rings. The highest BCUT2D eigenvalue weighted by Gasteiger charge is 2.39. The van der Waals surface area contributed by atoms with Crippen molar-refractivity contribution in [1.82, 2.24) is 4.90 Å². The van der Waals surface area contributed by atoms with E-state index >= 15 is 4.39 Å². The number of halogens is 4. The highest BCUT2D eigenvalue weighted by Crippen LogP contribution is 2.44. The van der Waals surface area contributed by atoms with Gasteiger partial charge in [0.05, 0.1) is 32.2 Å². The molecule has 0 aromatic heterocycles. The topological polar surface area (TPSA) is 57.6 Å². The number of rotatable bonds is 5. The van der Waals surface area contributed by atoms with Gasteiger partial charge in [0.2, 0.25) is 5.96 Å². The summed E-state index contributed by atoms with van der Waals surface area (Å²) >= 11 is 0. The van der Waals surface area contributed by atoms with Gasteiger partial charge in [0, 0.05) is 49.2 Å². The summed E-state index contributed by atoms with van der Waals surface area (Å²) in [6.07, 6.45) is -4.80. The maximum Gasteiger partial charge on any atom is 0.416 e. The summed E-state index contributed by atoms with van der Waals surface area (Å²) in [6.45, 7) is 3.77. The number of nitrogens with zero attached hydrogens (tertiary/aromatic N) is 4. The van der Waals surface area contributed by atoms with E-state index in [1.54, 1.807) is 25.0 Å². The number of alkyl halides is 3. The molecule has 41 heavy (non-hydrogen) atoms. The van der Waals surface area contributed by atoms with E-state index in [9.17, 15) is 18.0 Å². The summed E-state index contributed by atoms with van der Waals surface area (Å²) in [7, 11) is 2.84. The fourth-order valence-electron chi connectivity index (χ4n) is 5.31. The van der Waals surface area contributed by atoms with Gasteiger partial charge >= 0.3 is 12.1 Å². The minimum Gasteiger partial charge on any atom is -0.497 e. The van der Waals surface area contributed by atoms with Crippen molar-refractivity contribution in [3.8, 4) is 5.75 Å². The predicted molar refractivity (Wildman–Crippen MR) is 148 cm³/mol. The van der Waals surface area contributed by atoms with E-state index in [1.807, 2.05) is 29.2 Å². The lowest BCUT2D eigenvalue weighted by atomic mass is 9.96. The van der Waals surface area contributed by atoms with Crippen LogP contribution in [0.1, 0.15) is 29.2 Å². The maximum absolute atomic E-state index is 15.2. The molecule has 0 bridgehead atoms. The van der Waals surface area contributed by atoms with E-state index in [1.165, 1.54) is 25.3 Å². The maximum atomic E-state index is 15.2. The Morgan fingerprint density at radius 3 is 2.37 bits per heavy atom. The molecule has 2 heterocycles. The molecule has 3 aromatic rings. The van der Waals surface area contributed by atoms with Gasteiger partial charge in [-0.1, -0.05) is 24.3 Å². The second-order valence-electron chi connectivity index (χ2n) is 9.93. The molecule has 2 aliphatic rings. The van der Waals surface area contributed by atoms with Gasteiger partial charge in [-0.05, 0) is 42.8 Å². The standard InChI is InChI=1S/C30H30F4N4O3/c1-19-10-11-20(30(32,33)34)16-25(19)38-26(18-27(39)41-3)23-8-5-9-24(31)28(23)35-29(38)37-14-12-36(13-15-37)21-6-4-7-22(17-21)40-2/h4-11,16-17,26H,12-15,18H2,1-3H3/t26-/m0/s1. The third-order valence-corrected chi connectivity index (χ3v) is 7.48. The fourth-order valence-corrected chi connectivity index (χ4v) is 5.31. The molecule has 11 heteroatoms. The largest absolute Gasteiger partial charge is 0.497 e. The van der Waals surface area contributed by atoms with E-state index in [4.69, 9.17) is 9.47 Å². The normalized spacial score (nSPS) is 17.2. The number of aryl methyl sites for hydroxylation is 1. The van der Waals surface area contributed by atoms with E-state index in [0.717, 1.165) is 23.6 Å². The van der Waals surface area contributed by atoms with E-state index in [0.29, 0.717) is 37.3 Å². The molecule has 0 amide bonds. The van der Waals surface area contributed by atoms with Crippen LogP contribution in [0.15, 0.2) is 65.7 Å². The third-order valence-electron chi connectivity index (χ3n) is 7.48. The van der Waals surface area contributed by atoms with Crippen LogP contribution in [-0.2, 0) is 15.7 Å². The van der Waals surface area contributed by atoms with Crippen LogP contribution < -0.4 is 14.5 Å². The molecule has 1 saturated heterocycles. The van der Waals surface area contributed by atoms with Crippen molar-refractivity contribution in [3.05, 3.63) is 83.2 Å². The number of fused-ring (bicyclic) bond motifs is 1. The third kappa shape index (κ3) is 5.66. The number of anilines is 2. The van der Waals surface area contributed by atoms with Crippen molar-refractivity contribution in [2.75, 3.05) is 50.2 Å². The van der Waals surface area contributed by atoms with Crippen LogP contribution in [-0.4, -0.2) is 57.2 Å². The molecule has 5 rings (SSSR count). The first-order valence-electron chi connectivity index (χ1n) is 13.2. The zero-order valence-corrected chi connectivity index (χ0v) is 22.9. The number of piperazine rings is 1. The molecule has 0 spiro atoms.